The summed E-state index contributed by atoms with van der Waals surface area (Å²) in [6, 6.07) is 20.9. The van der Waals surface area contributed by atoms with Crippen LogP contribution in [0.1, 0.15) is 81.8 Å². The lowest BCUT2D eigenvalue weighted by Crippen LogP contribution is -2.26. The first-order valence-electron chi connectivity index (χ1n) is 14.0. The molecule has 3 aromatic rings. The second-order valence-electron chi connectivity index (χ2n) is 10.8. The summed E-state index contributed by atoms with van der Waals surface area (Å²) in [6.45, 7) is 0.870. The van der Waals surface area contributed by atoms with Gasteiger partial charge in [0.25, 0.3) is 0 Å². The molecule has 0 radical (unpaired) electrons. The van der Waals surface area contributed by atoms with Crippen molar-refractivity contribution in [3.8, 4) is 5.75 Å². The Balaban J connectivity index is 1.42. The Morgan fingerprint density at radius 3 is 2.31 bits per heavy atom. The van der Waals surface area contributed by atoms with Crippen LogP contribution in [0.4, 0.5) is 0 Å². The van der Waals surface area contributed by atoms with Crippen LogP contribution in [0.5, 0.6) is 5.75 Å². The van der Waals surface area contributed by atoms with Crippen molar-refractivity contribution in [1.29, 1.82) is 0 Å². The van der Waals surface area contributed by atoms with Gasteiger partial charge in [-0.15, -0.1) is 0 Å². The van der Waals surface area contributed by atoms with E-state index in [0.29, 0.717) is 0 Å². The van der Waals surface area contributed by atoms with Crippen LogP contribution in [0.3, 0.4) is 0 Å². The summed E-state index contributed by atoms with van der Waals surface area (Å²) in [6.07, 6.45) is 20.8. The molecule has 3 aromatic carbocycles. The van der Waals surface area contributed by atoms with Crippen LogP contribution >= 0.6 is 0 Å². The zero-order valence-corrected chi connectivity index (χ0v) is 21.8. The molecule has 0 aromatic heterocycles. The van der Waals surface area contributed by atoms with Crippen molar-refractivity contribution in [3.05, 3.63) is 71.8 Å². The second kappa shape index (κ2) is 10.8. The van der Waals surface area contributed by atoms with Gasteiger partial charge in [-0.05, 0) is 87.1 Å². The number of benzene rings is 3. The molecule has 1 unspecified atom stereocenters. The van der Waals surface area contributed by atoms with Gasteiger partial charge in [-0.25, -0.2) is 0 Å². The minimum Gasteiger partial charge on any atom is -0.493 e. The fraction of sp³-hybridized carbons (Fsp3) is 0.455. The van der Waals surface area contributed by atoms with Crippen LogP contribution in [-0.4, -0.2) is 11.9 Å². The summed E-state index contributed by atoms with van der Waals surface area (Å²) < 4.78 is 6.53. The van der Waals surface area contributed by atoms with Crippen molar-refractivity contribution >= 4 is 27.7 Å². The standard InChI is InChI=1S/C33H39OS/c1-3-12-25(13-4-1)24-34-31-22-23-33(30-20-10-9-19-29(30)31)35(27-16-5-2-6-17-27)32-21-11-15-26-14-7-8-18-28(26)32/h8-11,15,18-23,25,27H,1-7,12-14,16-17,24H2/q+1. The molecule has 0 saturated heterocycles. The molecule has 0 aliphatic heterocycles. The van der Waals surface area contributed by atoms with Crippen LogP contribution in [-0.2, 0) is 17.3 Å². The maximum atomic E-state index is 6.53. The molecule has 2 heteroatoms. The van der Waals surface area contributed by atoms with Crippen molar-refractivity contribution in [3.63, 3.8) is 0 Å². The molecule has 2 saturated carbocycles. The monoisotopic (exact) mass is 483 g/mol. The lowest BCUT2D eigenvalue weighted by atomic mass is 9.90. The fourth-order valence-electron chi connectivity index (χ4n) is 6.53. The van der Waals surface area contributed by atoms with Crippen LogP contribution in [0, 0.1) is 5.92 Å². The molecular weight excluding hydrogens is 444 g/mol. The van der Waals surface area contributed by atoms with Crippen molar-refractivity contribution in [2.75, 3.05) is 6.61 Å². The van der Waals surface area contributed by atoms with Crippen LogP contribution < -0.4 is 4.74 Å². The highest BCUT2D eigenvalue weighted by molar-refractivity contribution is 7.97. The molecule has 1 nitrogen and oxygen atoms in total. The first kappa shape index (κ1) is 23.2. The van der Waals surface area contributed by atoms with Gasteiger partial charge in [0.05, 0.1) is 17.5 Å². The van der Waals surface area contributed by atoms with E-state index in [1.165, 1.54) is 104 Å². The van der Waals surface area contributed by atoms with E-state index in [-0.39, 0.29) is 10.9 Å². The minimum atomic E-state index is 0.0750. The van der Waals surface area contributed by atoms with Crippen LogP contribution in [0.25, 0.3) is 16.8 Å². The minimum absolute atomic E-state index is 0.0750. The zero-order chi connectivity index (χ0) is 23.5. The van der Waals surface area contributed by atoms with Crippen LogP contribution in [0.15, 0.2) is 70.5 Å². The van der Waals surface area contributed by atoms with Gasteiger partial charge in [-0.2, -0.15) is 0 Å². The topological polar surface area (TPSA) is 9.23 Å². The van der Waals surface area contributed by atoms with Gasteiger partial charge < -0.3 is 4.74 Å². The Morgan fingerprint density at radius 2 is 1.49 bits per heavy atom. The number of fused-ring (bicyclic) bond motifs is 2. The van der Waals surface area contributed by atoms with Gasteiger partial charge in [0.15, 0.2) is 9.79 Å². The Bertz CT molecular complexity index is 1180. The molecular formula is C33H39OS+. The molecule has 35 heavy (non-hydrogen) atoms. The first-order valence-corrected chi connectivity index (χ1v) is 15.3. The van der Waals surface area contributed by atoms with Gasteiger partial charge >= 0.3 is 0 Å². The Kier molecular flexibility index (Phi) is 7.18. The lowest BCUT2D eigenvalue weighted by Gasteiger charge is -2.26. The first-order chi connectivity index (χ1) is 17.4. The maximum Gasteiger partial charge on any atom is 0.169 e. The summed E-state index contributed by atoms with van der Waals surface area (Å²) in [5, 5.41) is 3.44. The Morgan fingerprint density at radius 1 is 0.714 bits per heavy atom. The third kappa shape index (κ3) is 4.92. The average Bonchev–Trinajstić information content (AvgIpc) is 2.94. The van der Waals surface area contributed by atoms with Crippen molar-refractivity contribution in [1.82, 2.24) is 0 Å². The fourth-order valence-corrected chi connectivity index (χ4v) is 9.58. The second-order valence-corrected chi connectivity index (χ2v) is 13.0. The Labute approximate surface area is 214 Å². The summed E-state index contributed by atoms with van der Waals surface area (Å²) in [4.78, 5) is 3.11. The van der Waals surface area contributed by atoms with Gasteiger partial charge in [0, 0.05) is 16.3 Å². The highest BCUT2D eigenvalue weighted by Gasteiger charge is 2.39. The molecule has 182 valence electrons. The van der Waals surface area contributed by atoms with Gasteiger partial charge in [0.2, 0.25) is 0 Å². The van der Waals surface area contributed by atoms with E-state index in [4.69, 9.17) is 4.74 Å². The van der Waals surface area contributed by atoms with Crippen molar-refractivity contribution in [2.24, 2.45) is 5.92 Å². The number of ether oxygens (including phenoxy) is 1. The number of hydrogen-bond acceptors (Lipinski definition) is 1. The van der Waals surface area contributed by atoms with E-state index in [0.717, 1.165) is 23.5 Å². The van der Waals surface area contributed by atoms with E-state index in [2.05, 4.69) is 66.7 Å². The molecule has 0 amide bonds. The van der Waals surface area contributed by atoms with E-state index >= 15 is 0 Å². The summed E-state index contributed by atoms with van der Waals surface area (Å²) in [5.74, 6) is 1.80. The van der Waals surface area contributed by atoms with Gasteiger partial charge in [-0.3, -0.25) is 0 Å². The third-order valence-corrected chi connectivity index (χ3v) is 11.2. The number of allylic oxidation sites excluding steroid dienone is 1. The lowest BCUT2D eigenvalue weighted by molar-refractivity contribution is 0.210. The smallest absolute Gasteiger partial charge is 0.169 e. The summed E-state index contributed by atoms with van der Waals surface area (Å²) >= 11 is 0. The van der Waals surface area contributed by atoms with Crippen molar-refractivity contribution < 1.29 is 4.74 Å². The molecule has 3 aliphatic carbocycles. The van der Waals surface area contributed by atoms with E-state index in [1.807, 2.05) is 0 Å². The van der Waals surface area contributed by atoms with Crippen molar-refractivity contribution in [2.45, 2.75) is 92.1 Å². The molecule has 0 N–H and O–H groups in total. The molecule has 2 fully saturated rings. The number of aryl methyl sites for hydroxylation is 1. The Hall–Kier alpha value is -2.19. The summed E-state index contributed by atoms with van der Waals surface area (Å²) in [5.41, 5.74) is 3.05. The molecule has 0 bridgehead atoms. The molecule has 0 spiro atoms. The molecule has 1 atom stereocenters. The molecule has 0 heterocycles. The quantitative estimate of drug-likeness (QED) is 0.318. The SMILES string of the molecule is C1=Cc2c(cccc2[S+](c2ccc(OCC3CCCCC3)c3ccccc23)C2CCCCC2)CC1. The molecule has 3 aliphatic rings. The average molecular weight is 484 g/mol. The van der Waals surface area contributed by atoms with E-state index < -0.39 is 0 Å². The predicted molar refractivity (Wildman–Crippen MR) is 151 cm³/mol. The summed E-state index contributed by atoms with van der Waals surface area (Å²) in [7, 11) is 0.0750. The predicted octanol–water partition coefficient (Wildman–Crippen LogP) is 9.13. The maximum absolute atomic E-state index is 6.53. The van der Waals surface area contributed by atoms with E-state index in [9.17, 15) is 0 Å². The highest BCUT2D eigenvalue weighted by Crippen LogP contribution is 2.43. The van der Waals surface area contributed by atoms with Gasteiger partial charge in [-0.1, -0.05) is 68.2 Å². The number of rotatable bonds is 6. The number of hydrogen-bond donors (Lipinski definition) is 0. The van der Waals surface area contributed by atoms with Crippen LogP contribution in [0.2, 0.25) is 0 Å². The third-order valence-electron chi connectivity index (χ3n) is 8.42. The zero-order valence-electron chi connectivity index (χ0n) is 21.0. The van der Waals surface area contributed by atoms with E-state index in [1.54, 1.807) is 4.90 Å². The molecule has 6 rings (SSSR count). The highest BCUT2D eigenvalue weighted by atomic mass is 32.2. The van der Waals surface area contributed by atoms with Gasteiger partial charge in [0.1, 0.15) is 11.0 Å². The largest absolute Gasteiger partial charge is 0.493 e. The normalized spacial score (nSPS) is 20.0.